The highest BCUT2D eigenvalue weighted by molar-refractivity contribution is 5.89. The molecule has 5 nitrogen and oxygen atoms in total. The van der Waals surface area contributed by atoms with Gasteiger partial charge in [0.25, 0.3) is 5.56 Å². The molecule has 0 fully saturated rings. The van der Waals surface area contributed by atoms with E-state index in [1.54, 1.807) is 12.1 Å². The third kappa shape index (κ3) is 1.52. The van der Waals surface area contributed by atoms with Crippen LogP contribution < -0.4 is 10.3 Å². The predicted octanol–water partition coefficient (Wildman–Crippen LogP) is 1.28. The average molecular weight is 218 g/mol. The number of hydrogen-bond acceptors (Lipinski definition) is 4. The molecule has 0 radical (unpaired) electrons. The van der Waals surface area contributed by atoms with Crippen LogP contribution in [-0.2, 0) is 0 Å². The molecule has 0 amide bonds. The zero-order valence-electron chi connectivity index (χ0n) is 8.62. The molecule has 16 heavy (non-hydrogen) atoms. The van der Waals surface area contributed by atoms with E-state index >= 15 is 0 Å². The Kier molecular flexibility index (Phi) is 2.59. The molecule has 0 aliphatic rings. The van der Waals surface area contributed by atoms with Crippen LogP contribution in [0.2, 0.25) is 0 Å². The summed E-state index contributed by atoms with van der Waals surface area (Å²) < 4.78 is 6.37. The summed E-state index contributed by atoms with van der Waals surface area (Å²) in [5.41, 5.74) is 0.318. The molecule has 0 bridgehead atoms. The highest BCUT2D eigenvalue weighted by Crippen LogP contribution is 2.22. The van der Waals surface area contributed by atoms with Crippen molar-refractivity contribution in [1.29, 1.82) is 0 Å². The molecule has 0 saturated carbocycles. The van der Waals surface area contributed by atoms with Crippen LogP contribution in [0.1, 0.15) is 0 Å². The van der Waals surface area contributed by atoms with Crippen LogP contribution in [-0.4, -0.2) is 23.2 Å². The Balaban J connectivity index is 2.92. The van der Waals surface area contributed by atoms with Crippen molar-refractivity contribution in [2.24, 2.45) is 5.16 Å². The Labute approximate surface area is 91.2 Å². The first-order chi connectivity index (χ1) is 7.77. The Morgan fingerprint density at radius 1 is 1.44 bits per heavy atom. The molecule has 82 valence electrons. The zero-order valence-corrected chi connectivity index (χ0v) is 8.62. The first kappa shape index (κ1) is 10.2. The van der Waals surface area contributed by atoms with Crippen molar-refractivity contribution in [2.75, 3.05) is 7.11 Å². The van der Waals surface area contributed by atoms with Gasteiger partial charge in [0.15, 0.2) is 0 Å². The standard InChI is InChI=1S/C11H10N2O3/c1-16-10-6-11(14)13(7-12-15)9-5-3-2-4-8(9)10/h2-7,15H,1H3. The number of para-hydroxylation sites is 1. The summed E-state index contributed by atoms with van der Waals surface area (Å²) in [6.45, 7) is 0. The van der Waals surface area contributed by atoms with Crippen LogP contribution in [0.15, 0.2) is 40.3 Å². The average Bonchev–Trinajstić information content (AvgIpc) is 2.32. The molecule has 0 saturated heterocycles. The summed E-state index contributed by atoms with van der Waals surface area (Å²) in [5.74, 6) is 0.503. The van der Waals surface area contributed by atoms with Crippen molar-refractivity contribution in [1.82, 2.24) is 4.57 Å². The molecule has 2 aromatic rings. The minimum atomic E-state index is -0.312. The van der Waals surface area contributed by atoms with Gasteiger partial charge in [-0.2, -0.15) is 0 Å². The predicted molar refractivity (Wildman–Crippen MR) is 60.4 cm³/mol. The van der Waals surface area contributed by atoms with Gasteiger partial charge in [-0.05, 0) is 12.1 Å². The third-order valence-corrected chi connectivity index (χ3v) is 2.31. The van der Waals surface area contributed by atoms with Gasteiger partial charge < -0.3 is 9.94 Å². The number of pyridine rings is 1. The molecule has 1 aromatic heterocycles. The molecule has 1 heterocycles. The summed E-state index contributed by atoms with van der Waals surface area (Å²) in [4.78, 5) is 11.7. The Morgan fingerprint density at radius 3 is 2.88 bits per heavy atom. The van der Waals surface area contributed by atoms with Crippen LogP contribution in [0.4, 0.5) is 0 Å². The van der Waals surface area contributed by atoms with Gasteiger partial charge >= 0.3 is 0 Å². The van der Waals surface area contributed by atoms with E-state index in [2.05, 4.69) is 5.16 Å². The van der Waals surface area contributed by atoms with E-state index < -0.39 is 0 Å². The van der Waals surface area contributed by atoms with Gasteiger partial charge in [0, 0.05) is 11.5 Å². The van der Waals surface area contributed by atoms with Gasteiger partial charge in [-0.3, -0.25) is 9.36 Å². The molecular formula is C11H10N2O3. The topological polar surface area (TPSA) is 63.8 Å². The number of ether oxygens (including phenoxy) is 1. The summed E-state index contributed by atoms with van der Waals surface area (Å²) in [6.07, 6.45) is 1.06. The number of aromatic nitrogens is 1. The van der Waals surface area contributed by atoms with Crippen LogP contribution >= 0.6 is 0 Å². The summed E-state index contributed by atoms with van der Waals surface area (Å²) in [6, 6.07) is 8.57. The zero-order chi connectivity index (χ0) is 11.5. The Hall–Kier alpha value is -2.30. The van der Waals surface area contributed by atoms with Crippen LogP contribution in [0, 0.1) is 0 Å². The normalized spacial score (nSPS) is 11.1. The molecule has 5 heteroatoms. The lowest BCUT2D eigenvalue weighted by atomic mass is 10.2. The van der Waals surface area contributed by atoms with Crippen molar-refractivity contribution in [2.45, 2.75) is 0 Å². The number of benzene rings is 1. The van der Waals surface area contributed by atoms with E-state index in [1.165, 1.54) is 17.7 Å². The quantitative estimate of drug-likeness (QED) is 0.357. The van der Waals surface area contributed by atoms with Gasteiger partial charge in [-0.1, -0.05) is 17.3 Å². The molecular weight excluding hydrogens is 208 g/mol. The summed E-state index contributed by atoms with van der Waals surface area (Å²) in [7, 11) is 1.51. The number of nitrogens with zero attached hydrogens (tertiary/aromatic N) is 2. The van der Waals surface area contributed by atoms with Crippen molar-refractivity contribution < 1.29 is 9.94 Å². The molecule has 2 rings (SSSR count). The fourth-order valence-corrected chi connectivity index (χ4v) is 1.61. The number of methoxy groups -OCH3 is 1. The second-order valence-electron chi connectivity index (χ2n) is 3.17. The minimum Gasteiger partial charge on any atom is -0.496 e. The summed E-state index contributed by atoms with van der Waals surface area (Å²) >= 11 is 0. The lowest BCUT2D eigenvalue weighted by molar-refractivity contribution is 0.320. The molecule has 0 spiro atoms. The molecule has 0 unspecified atom stereocenters. The van der Waals surface area contributed by atoms with E-state index in [-0.39, 0.29) is 5.56 Å². The van der Waals surface area contributed by atoms with Gasteiger partial charge in [-0.15, -0.1) is 0 Å². The van der Waals surface area contributed by atoms with E-state index in [4.69, 9.17) is 9.94 Å². The maximum Gasteiger partial charge on any atom is 0.260 e. The lowest BCUT2D eigenvalue weighted by Gasteiger charge is -2.08. The van der Waals surface area contributed by atoms with Crippen LogP contribution in [0.3, 0.4) is 0 Å². The van der Waals surface area contributed by atoms with Crippen molar-refractivity contribution >= 4 is 17.2 Å². The second-order valence-corrected chi connectivity index (χ2v) is 3.17. The Bertz CT molecular complexity index is 602. The third-order valence-electron chi connectivity index (χ3n) is 2.31. The highest BCUT2D eigenvalue weighted by atomic mass is 16.5. The van der Waals surface area contributed by atoms with Gasteiger partial charge in [0.05, 0.1) is 12.6 Å². The van der Waals surface area contributed by atoms with E-state index in [9.17, 15) is 4.79 Å². The highest BCUT2D eigenvalue weighted by Gasteiger charge is 2.06. The smallest absolute Gasteiger partial charge is 0.260 e. The maximum atomic E-state index is 11.7. The van der Waals surface area contributed by atoms with Crippen molar-refractivity contribution in [3.05, 3.63) is 40.7 Å². The largest absolute Gasteiger partial charge is 0.496 e. The SMILES string of the molecule is COc1cc(=O)n(C=NO)c2ccccc12. The Morgan fingerprint density at radius 2 is 2.19 bits per heavy atom. The van der Waals surface area contributed by atoms with E-state index in [1.807, 2.05) is 12.1 Å². The van der Waals surface area contributed by atoms with Crippen LogP contribution in [0.5, 0.6) is 5.75 Å². The van der Waals surface area contributed by atoms with E-state index in [0.717, 1.165) is 11.7 Å². The lowest BCUT2D eigenvalue weighted by Crippen LogP contribution is -2.19. The first-order valence-electron chi connectivity index (χ1n) is 4.63. The number of fused-ring (bicyclic) bond motifs is 1. The molecule has 0 aliphatic heterocycles. The van der Waals surface area contributed by atoms with Crippen molar-refractivity contribution in [3.8, 4) is 5.75 Å². The first-order valence-corrected chi connectivity index (χ1v) is 4.63. The van der Waals surface area contributed by atoms with Crippen LogP contribution in [0.25, 0.3) is 10.9 Å². The molecule has 1 N–H and O–H groups in total. The number of hydrogen-bond donors (Lipinski definition) is 1. The number of oxime groups is 1. The fraction of sp³-hybridized carbons (Fsp3) is 0.0909. The molecule has 1 aromatic carbocycles. The minimum absolute atomic E-state index is 0.312. The second kappa shape index (κ2) is 4.06. The molecule has 0 atom stereocenters. The molecule has 0 aliphatic carbocycles. The maximum absolute atomic E-state index is 11.7. The van der Waals surface area contributed by atoms with Gasteiger partial charge in [0.1, 0.15) is 12.1 Å². The van der Waals surface area contributed by atoms with Gasteiger partial charge in [-0.25, -0.2) is 0 Å². The van der Waals surface area contributed by atoms with Crippen molar-refractivity contribution in [3.63, 3.8) is 0 Å². The fourth-order valence-electron chi connectivity index (χ4n) is 1.61. The monoisotopic (exact) mass is 218 g/mol. The van der Waals surface area contributed by atoms with Gasteiger partial charge in [0.2, 0.25) is 0 Å². The van der Waals surface area contributed by atoms with E-state index in [0.29, 0.717) is 11.3 Å². The summed E-state index contributed by atoms with van der Waals surface area (Å²) in [5, 5.41) is 12.2. The number of rotatable bonds is 2.